The average molecular weight is 340 g/mol. The molecule has 0 unspecified atom stereocenters. The van der Waals surface area contributed by atoms with Gasteiger partial charge in [-0.1, -0.05) is 15.9 Å². The molecule has 1 aromatic carbocycles. The van der Waals surface area contributed by atoms with Crippen molar-refractivity contribution >= 4 is 27.8 Å². The summed E-state index contributed by atoms with van der Waals surface area (Å²) in [5, 5.41) is 0. The molecule has 0 saturated carbocycles. The van der Waals surface area contributed by atoms with Gasteiger partial charge in [0.15, 0.2) is 0 Å². The first-order chi connectivity index (χ1) is 9.61. The van der Waals surface area contributed by atoms with Crippen LogP contribution in [0.1, 0.15) is 30.1 Å². The van der Waals surface area contributed by atoms with E-state index in [1.54, 1.807) is 24.0 Å². The SMILES string of the molecule is CCOC(=O)[C@H]1CCCN(C(=O)c2ccc(Br)cc2)C1. The van der Waals surface area contributed by atoms with Crippen molar-refractivity contribution in [3.05, 3.63) is 34.3 Å². The zero-order chi connectivity index (χ0) is 14.5. The van der Waals surface area contributed by atoms with Crippen LogP contribution in [0.5, 0.6) is 0 Å². The molecule has 0 aliphatic carbocycles. The topological polar surface area (TPSA) is 46.6 Å². The van der Waals surface area contributed by atoms with Gasteiger partial charge in [-0.25, -0.2) is 0 Å². The summed E-state index contributed by atoms with van der Waals surface area (Å²) in [6.45, 7) is 3.33. The van der Waals surface area contributed by atoms with E-state index in [0.29, 0.717) is 25.3 Å². The van der Waals surface area contributed by atoms with Crippen molar-refractivity contribution in [1.29, 1.82) is 0 Å². The Labute approximate surface area is 127 Å². The van der Waals surface area contributed by atoms with Crippen LogP contribution in [0, 0.1) is 5.92 Å². The zero-order valence-electron chi connectivity index (χ0n) is 11.5. The fraction of sp³-hybridized carbons (Fsp3) is 0.467. The number of carbonyl (C=O) groups excluding carboxylic acids is 2. The maximum atomic E-state index is 12.4. The molecule has 2 rings (SSSR count). The highest BCUT2D eigenvalue weighted by molar-refractivity contribution is 9.10. The highest BCUT2D eigenvalue weighted by Gasteiger charge is 2.29. The van der Waals surface area contributed by atoms with Gasteiger partial charge < -0.3 is 9.64 Å². The number of nitrogens with zero attached hydrogens (tertiary/aromatic N) is 1. The first kappa shape index (κ1) is 15.0. The van der Waals surface area contributed by atoms with Crippen LogP contribution >= 0.6 is 15.9 Å². The fourth-order valence-electron chi connectivity index (χ4n) is 2.39. The summed E-state index contributed by atoms with van der Waals surface area (Å²) in [5.74, 6) is -0.407. The fourth-order valence-corrected chi connectivity index (χ4v) is 2.65. The number of ether oxygens (including phenoxy) is 1. The second-order valence-electron chi connectivity index (χ2n) is 4.85. The summed E-state index contributed by atoms with van der Waals surface area (Å²) >= 11 is 3.35. The van der Waals surface area contributed by atoms with Crippen molar-refractivity contribution in [1.82, 2.24) is 4.90 Å². The molecule has 1 saturated heterocycles. The number of esters is 1. The van der Waals surface area contributed by atoms with Crippen molar-refractivity contribution < 1.29 is 14.3 Å². The smallest absolute Gasteiger partial charge is 0.310 e. The van der Waals surface area contributed by atoms with Crippen molar-refractivity contribution in [3.63, 3.8) is 0 Å². The van der Waals surface area contributed by atoms with Crippen LogP contribution in [0.2, 0.25) is 0 Å². The normalized spacial score (nSPS) is 18.7. The summed E-state index contributed by atoms with van der Waals surface area (Å²) < 4.78 is 5.99. The second-order valence-corrected chi connectivity index (χ2v) is 5.76. The van der Waals surface area contributed by atoms with E-state index in [9.17, 15) is 9.59 Å². The summed E-state index contributed by atoms with van der Waals surface area (Å²) in [5.41, 5.74) is 0.651. The van der Waals surface area contributed by atoms with Gasteiger partial charge in [0, 0.05) is 23.1 Å². The highest BCUT2D eigenvalue weighted by Crippen LogP contribution is 2.20. The Kier molecular flexibility index (Phi) is 5.17. The molecule has 1 heterocycles. The Morgan fingerprint density at radius 3 is 2.70 bits per heavy atom. The number of rotatable bonds is 3. The van der Waals surface area contributed by atoms with Crippen molar-refractivity contribution in [2.45, 2.75) is 19.8 Å². The predicted molar refractivity (Wildman–Crippen MR) is 79.4 cm³/mol. The molecule has 0 spiro atoms. The molecule has 0 radical (unpaired) electrons. The Balaban J connectivity index is 2.03. The molecule has 20 heavy (non-hydrogen) atoms. The molecule has 1 fully saturated rings. The van der Waals surface area contributed by atoms with Crippen LogP contribution in [0.4, 0.5) is 0 Å². The molecule has 0 aromatic heterocycles. The van der Waals surface area contributed by atoms with Gasteiger partial charge in [-0.05, 0) is 44.0 Å². The Morgan fingerprint density at radius 1 is 1.35 bits per heavy atom. The molecule has 1 atom stereocenters. The minimum Gasteiger partial charge on any atom is -0.466 e. The lowest BCUT2D eigenvalue weighted by Gasteiger charge is -2.31. The number of hydrogen-bond donors (Lipinski definition) is 0. The second kappa shape index (κ2) is 6.88. The minimum absolute atomic E-state index is 0.0218. The van der Waals surface area contributed by atoms with E-state index in [2.05, 4.69) is 15.9 Å². The monoisotopic (exact) mass is 339 g/mol. The van der Waals surface area contributed by atoms with Crippen LogP contribution in [-0.4, -0.2) is 36.5 Å². The minimum atomic E-state index is -0.194. The van der Waals surface area contributed by atoms with E-state index < -0.39 is 0 Å². The average Bonchev–Trinajstić information content (AvgIpc) is 2.48. The van der Waals surface area contributed by atoms with Crippen LogP contribution in [0.3, 0.4) is 0 Å². The molecule has 4 nitrogen and oxygen atoms in total. The lowest BCUT2D eigenvalue weighted by atomic mass is 9.97. The third-order valence-corrected chi connectivity index (χ3v) is 3.95. The lowest BCUT2D eigenvalue weighted by Crippen LogP contribution is -2.42. The van der Waals surface area contributed by atoms with E-state index in [1.807, 2.05) is 12.1 Å². The van der Waals surface area contributed by atoms with Crippen molar-refractivity contribution in [3.8, 4) is 0 Å². The van der Waals surface area contributed by atoms with Crippen LogP contribution in [-0.2, 0) is 9.53 Å². The highest BCUT2D eigenvalue weighted by atomic mass is 79.9. The number of likely N-dealkylation sites (tertiary alicyclic amines) is 1. The molecule has 0 N–H and O–H groups in total. The predicted octanol–water partition coefficient (Wildman–Crippen LogP) is 2.86. The Morgan fingerprint density at radius 2 is 2.05 bits per heavy atom. The van der Waals surface area contributed by atoms with Gasteiger partial charge in [-0.15, -0.1) is 0 Å². The molecular formula is C15H18BrNO3. The number of piperidine rings is 1. The van der Waals surface area contributed by atoms with Gasteiger partial charge >= 0.3 is 5.97 Å². The van der Waals surface area contributed by atoms with Crippen LogP contribution in [0.25, 0.3) is 0 Å². The number of halogens is 1. The lowest BCUT2D eigenvalue weighted by molar-refractivity contribution is -0.149. The van der Waals surface area contributed by atoms with E-state index in [1.165, 1.54) is 0 Å². The Bertz CT molecular complexity index is 486. The third-order valence-electron chi connectivity index (χ3n) is 3.42. The first-order valence-corrected chi connectivity index (χ1v) is 7.62. The van der Waals surface area contributed by atoms with Gasteiger partial charge in [0.25, 0.3) is 5.91 Å². The molecular weight excluding hydrogens is 322 g/mol. The number of benzene rings is 1. The Hall–Kier alpha value is -1.36. The molecule has 0 bridgehead atoms. The quantitative estimate of drug-likeness (QED) is 0.795. The molecule has 1 aliphatic rings. The molecule has 1 amide bonds. The largest absolute Gasteiger partial charge is 0.466 e. The van der Waals surface area contributed by atoms with Gasteiger partial charge in [-0.3, -0.25) is 9.59 Å². The van der Waals surface area contributed by atoms with Crippen molar-refractivity contribution in [2.75, 3.05) is 19.7 Å². The van der Waals surface area contributed by atoms with Crippen LogP contribution in [0.15, 0.2) is 28.7 Å². The van der Waals surface area contributed by atoms with E-state index in [-0.39, 0.29) is 17.8 Å². The maximum absolute atomic E-state index is 12.4. The first-order valence-electron chi connectivity index (χ1n) is 6.83. The zero-order valence-corrected chi connectivity index (χ0v) is 13.1. The van der Waals surface area contributed by atoms with E-state index in [0.717, 1.165) is 17.3 Å². The van der Waals surface area contributed by atoms with Crippen molar-refractivity contribution in [2.24, 2.45) is 5.92 Å². The van der Waals surface area contributed by atoms with Gasteiger partial charge in [0.2, 0.25) is 0 Å². The number of carbonyl (C=O) groups is 2. The molecule has 5 heteroatoms. The van der Waals surface area contributed by atoms with Gasteiger partial charge in [0.1, 0.15) is 0 Å². The summed E-state index contributed by atoms with van der Waals surface area (Å²) in [6, 6.07) is 7.28. The van der Waals surface area contributed by atoms with E-state index in [4.69, 9.17) is 4.74 Å². The number of amides is 1. The number of hydrogen-bond acceptors (Lipinski definition) is 3. The molecule has 108 valence electrons. The standard InChI is InChI=1S/C15H18BrNO3/c1-2-20-15(19)12-4-3-9-17(10-12)14(18)11-5-7-13(16)8-6-11/h5-8,12H,2-4,9-10H2,1H3/t12-/m0/s1. The summed E-state index contributed by atoms with van der Waals surface area (Å²) in [4.78, 5) is 25.9. The molecule has 1 aromatic rings. The van der Waals surface area contributed by atoms with Gasteiger partial charge in [0.05, 0.1) is 12.5 Å². The summed E-state index contributed by atoms with van der Waals surface area (Å²) in [6.07, 6.45) is 1.63. The summed E-state index contributed by atoms with van der Waals surface area (Å²) in [7, 11) is 0. The third kappa shape index (κ3) is 3.60. The van der Waals surface area contributed by atoms with E-state index >= 15 is 0 Å². The maximum Gasteiger partial charge on any atom is 0.310 e. The van der Waals surface area contributed by atoms with Gasteiger partial charge in [-0.2, -0.15) is 0 Å². The molecule has 1 aliphatic heterocycles. The van der Waals surface area contributed by atoms with Crippen LogP contribution < -0.4 is 0 Å².